The van der Waals surface area contributed by atoms with Gasteiger partial charge in [-0.2, -0.15) is 0 Å². The Hall–Kier alpha value is -2.33. The van der Waals surface area contributed by atoms with E-state index in [-0.39, 0.29) is 12.5 Å². The van der Waals surface area contributed by atoms with Crippen LogP contribution in [-0.4, -0.2) is 12.5 Å². The van der Waals surface area contributed by atoms with Crippen LogP contribution in [0.25, 0.3) is 0 Å². The summed E-state index contributed by atoms with van der Waals surface area (Å²) < 4.78 is 5.46. The zero-order valence-electron chi connectivity index (χ0n) is 12.3. The molecule has 0 aliphatic heterocycles. The number of carbonyl (C=O) groups is 1. The molecule has 1 amide bonds. The van der Waals surface area contributed by atoms with Gasteiger partial charge < -0.3 is 15.8 Å². The second-order valence-electron chi connectivity index (χ2n) is 5.00. The maximum atomic E-state index is 11.9. The molecule has 4 nitrogen and oxygen atoms in total. The van der Waals surface area contributed by atoms with Gasteiger partial charge in [-0.15, -0.1) is 0 Å². The van der Waals surface area contributed by atoms with E-state index < -0.39 is 0 Å². The first kappa shape index (κ1) is 15.1. The van der Waals surface area contributed by atoms with E-state index in [2.05, 4.69) is 5.32 Å². The van der Waals surface area contributed by atoms with Crippen LogP contribution in [0.2, 0.25) is 0 Å². The van der Waals surface area contributed by atoms with E-state index in [9.17, 15) is 4.79 Å². The summed E-state index contributed by atoms with van der Waals surface area (Å²) >= 11 is 0. The quantitative estimate of drug-likeness (QED) is 0.887. The van der Waals surface area contributed by atoms with Crippen molar-refractivity contribution in [2.75, 3.05) is 11.9 Å². The average molecular weight is 284 g/mol. The summed E-state index contributed by atoms with van der Waals surface area (Å²) in [6, 6.07) is 13.3. The van der Waals surface area contributed by atoms with Gasteiger partial charge in [-0.3, -0.25) is 4.79 Å². The molecule has 110 valence electrons. The van der Waals surface area contributed by atoms with Crippen LogP contribution in [0.3, 0.4) is 0 Å². The van der Waals surface area contributed by atoms with Gasteiger partial charge in [-0.05, 0) is 48.7 Å². The number of amides is 1. The highest BCUT2D eigenvalue weighted by molar-refractivity contribution is 5.92. The molecule has 0 saturated heterocycles. The van der Waals surface area contributed by atoms with Crippen molar-refractivity contribution >= 4 is 11.6 Å². The normalized spacial score (nSPS) is 10.2. The fourth-order valence-corrected chi connectivity index (χ4v) is 1.93. The third-order valence-electron chi connectivity index (χ3n) is 3.20. The van der Waals surface area contributed by atoms with Gasteiger partial charge in [0, 0.05) is 12.2 Å². The van der Waals surface area contributed by atoms with Crippen molar-refractivity contribution in [1.82, 2.24) is 0 Å². The Morgan fingerprint density at radius 2 is 1.86 bits per heavy atom. The topological polar surface area (TPSA) is 64.3 Å². The fraction of sp³-hybridized carbons (Fsp3) is 0.235. The van der Waals surface area contributed by atoms with Crippen LogP contribution in [-0.2, 0) is 11.3 Å². The van der Waals surface area contributed by atoms with Crippen LogP contribution < -0.4 is 15.8 Å². The van der Waals surface area contributed by atoms with Crippen LogP contribution in [0.1, 0.15) is 16.7 Å². The maximum absolute atomic E-state index is 11.9. The monoisotopic (exact) mass is 284 g/mol. The van der Waals surface area contributed by atoms with E-state index in [0.717, 1.165) is 22.4 Å². The van der Waals surface area contributed by atoms with Gasteiger partial charge >= 0.3 is 0 Å². The standard InChI is InChI=1S/C17H20N2O2/c1-12-3-4-13(2)16(9-12)19-17(20)11-21-15-7-5-14(10-18)6-8-15/h3-9H,10-11,18H2,1-2H3,(H,19,20). The van der Waals surface area contributed by atoms with Crippen molar-refractivity contribution in [2.24, 2.45) is 5.73 Å². The molecule has 0 aliphatic rings. The number of carbonyl (C=O) groups excluding carboxylic acids is 1. The highest BCUT2D eigenvalue weighted by atomic mass is 16.5. The summed E-state index contributed by atoms with van der Waals surface area (Å²) in [4.78, 5) is 11.9. The Labute approximate surface area is 124 Å². The van der Waals surface area contributed by atoms with Crippen LogP contribution in [0.15, 0.2) is 42.5 Å². The van der Waals surface area contributed by atoms with E-state index >= 15 is 0 Å². The minimum atomic E-state index is -0.174. The van der Waals surface area contributed by atoms with E-state index in [4.69, 9.17) is 10.5 Å². The lowest BCUT2D eigenvalue weighted by Crippen LogP contribution is -2.20. The molecule has 2 aromatic carbocycles. The Morgan fingerprint density at radius 1 is 1.14 bits per heavy atom. The molecule has 0 unspecified atom stereocenters. The second kappa shape index (κ2) is 6.90. The Kier molecular flexibility index (Phi) is 4.95. The number of aryl methyl sites for hydroxylation is 2. The van der Waals surface area contributed by atoms with Crippen LogP contribution >= 0.6 is 0 Å². The molecule has 21 heavy (non-hydrogen) atoms. The van der Waals surface area contributed by atoms with E-state index in [1.165, 1.54) is 0 Å². The van der Waals surface area contributed by atoms with Crippen molar-refractivity contribution in [3.63, 3.8) is 0 Å². The first-order chi connectivity index (χ1) is 10.1. The average Bonchev–Trinajstić information content (AvgIpc) is 2.49. The minimum Gasteiger partial charge on any atom is -0.484 e. The Bertz CT molecular complexity index is 621. The van der Waals surface area contributed by atoms with Gasteiger partial charge in [0.25, 0.3) is 5.91 Å². The zero-order chi connectivity index (χ0) is 15.2. The van der Waals surface area contributed by atoms with Crippen molar-refractivity contribution in [2.45, 2.75) is 20.4 Å². The lowest BCUT2D eigenvalue weighted by molar-refractivity contribution is -0.118. The van der Waals surface area contributed by atoms with Crippen molar-refractivity contribution in [3.8, 4) is 5.75 Å². The lowest BCUT2D eigenvalue weighted by Gasteiger charge is -2.10. The number of hydrogen-bond acceptors (Lipinski definition) is 3. The summed E-state index contributed by atoms with van der Waals surface area (Å²) in [6.45, 7) is 4.43. The molecule has 0 aliphatic carbocycles. The molecule has 3 N–H and O–H groups in total. The number of anilines is 1. The predicted octanol–water partition coefficient (Wildman–Crippen LogP) is 2.78. The van der Waals surface area contributed by atoms with Crippen LogP contribution in [0, 0.1) is 13.8 Å². The molecule has 0 atom stereocenters. The predicted molar refractivity (Wildman–Crippen MR) is 84.4 cm³/mol. The molecular formula is C17H20N2O2. The first-order valence-electron chi connectivity index (χ1n) is 6.87. The largest absolute Gasteiger partial charge is 0.484 e. The van der Waals surface area contributed by atoms with E-state index in [1.54, 1.807) is 0 Å². The number of nitrogens with one attached hydrogen (secondary N) is 1. The fourth-order valence-electron chi connectivity index (χ4n) is 1.93. The molecule has 4 heteroatoms. The summed E-state index contributed by atoms with van der Waals surface area (Å²) in [6.07, 6.45) is 0. The van der Waals surface area contributed by atoms with Crippen molar-refractivity contribution in [1.29, 1.82) is 0 Å². The lowest BCUT2D eigenvalue weighted by atomic mass is 10.1. The second-order valence-corrected chi connectivity index (χ2v) is 5.00. The first-order valence-corrected chi connectivity index (χ1v) is 6.87. The van der Waals surface area contributed by atoms with Gasteiger partial charge in [0.2, 0.25) is 0 Å². The summed E-state index contributed by atoms with van der Waals surface area (Å²) in [5.41, 5.74) is 9.52. The van der Waals surface area contributed by atoms with Crippen LogP contribution in [0.4, 0.5) is 5.69 Å². The van der Waals surface area contributed by atoms with Gasteiger partial charge in [0.15, 0.2) is 6.61 Å². The number of hydrogen-bond donors (Lipinski definition) is 2. The highest BCUT2D eigenvalue weighted by Crippen LogP contribution is 2.16. The number of nitrogens with two attached hydrogens (primary N) is 1. The third-order valence-corrected chi connectivity index (χ3v) is 3.20. The summed E-state index contributed by atoms with van der Waals surface area (Å²) in [7, 11) is 0. The molecule has 0 fully saturated rings. The molecule has 0 bridgehead atoms. The Balaban J connectivity index is 1.91. The highest BCUT2D eigenvalue weighted by Gasteiger charge is 2.06. The molecule has 0 radical (unpaired) electrons. The maximum Gasteiger partial charge on any atom is 0.262 e. The van der Waals surface area contributed by atoms with E-state index in [0.29, 0.717) is 12.3 Å². The van der Waals surface area contributed by atoms with Crippen LogP contribution in [0.5, 0.6) is 5.75 Å². The number of benzene rings is 2. The van der Waals surface area contributed by atoms with E-state index in [1.807, 2.05) is 56.3 Å². The van der Waals surface area contributed by atoms with Gasteiger partial charge in [0.1, 0.15) is 5.75 Å². The minimum absolute atomic E-state index is 0.0185. The smallest absolute Gasteiger partial charge is 0.262 e. The van der Waals surface area contributed by atoms with Gasteiger partial charge in [-0.25, -0.2) is 0 Å². The third kappa shape index (κ3) is 4.33. The number of rotatable bonds is 5. The van der Waals surface area contributed by atoms with Crippen molar-refractivity contribution in [3.05, 3.63) is 59.2 Å². The number of ether oxygens (including phenoxy) is 1. The summed E-state index contributed by atoms with van der Waals surface area (Å²) in [5.74, 6) is 0.481. The summed E-state index contributed by atoms with van der Waals surface area (Å²) in [5, 5.41) is 2.86. The molecule has 2 rings (SSSR count). The Morgan fingerprint density at radius 3 is 2.52 bits per heavy atom. The van der Waals surface area contributed by atoms with Gasteiger partial charge in [0.05, 0.1) is 0 Å². The molecule has 0 heterocycles. The van der Waals surface area contributed by atoms with Crippen molar-refractivity contribution < 1.29 is 9.53 Å². The van der Waals surface area contributed by atoms with Gasteiger partial charge in [-0.1, -0.05) is 24.3 Å². The molecular weight excluding hydrogens is 264 g/mol. The SMILES string of the molecule is Cc1ccc(C)c(NC(=O)COc2ccc(CN)cc2)c1. The molecule has 0 spiro atoms. The zero-order valence-corrected chi connectivity index (χ0v) is 12.3. The molecule has 0 saturated carbocycles. The molecule has 0 aromatic heterocycles. The molecule has 2 aromatic rings.